The molecular formula is C16H25NO2. The highest BCUT2D eigenvalue weighted by Gasteiger charge is 2.23. The highest BCUT2D eigenvalue weighted by Crippen LogP contribution is 2.25. The first-order chi connectivity index (χ1) is 9.31. The van der Waals surface area contributed by atoms with Gasteiger partial charge < -0.3 is 15.2 Å². The Balaban J connectivity index is 2.04. The fourth-order valence-electron chi connectivity index (χ4n) is 2.58. The standard InChI is InChI=1S/C16H25NO2/c1-2-17-12-13-8-6-7-10-15(13)19-16-11-5-3-4-9-14(16)18/h6-8,10,14,16-18H,2-5,9,11-12H2,1H3. The molecule has 0 spiro atoms. The van der Waals surface area contributed by atoms with Crippen molar-refractivity contribution in [2.24, 2.45) is 0 Å². The molecule has 2 rings (SSSR count). The third-order valence-electron chi connectivity index (χ3n) is 3.73. The molecule has 19 heavy (non-hydrogen) atoms. The lowest BCUT2D eigenvalue weighted by atomic mass is 10.1. The van der Waals surface area contributed by atoms with Gasteiger partial charge in [0.1, 0.15) is 11.9 Å². The van der Waals surface area contributed by atoms with E-state index < -0.39 is 0 Å². The van der Waals surface area contributed by atoms with Crippen LogP contribution < -0.4 is 10.1 Å². The molecule has 0 radical (unpaired) electrons. The summed E-state index contributed by atoms with van der Waals surface area (Å²) < 4.78 is 6.09. The van der Waals surface area contributed by atoms with Crippen molar-refractivity contribution in [1.29, 1.82) is 0 Å². The molecule has 1 aromatic carbocycles. The number of benzene rings is 1. The molecule has 0 amide bonds. The molecule has 2 N–H and O–H groups in total. The molecule has 1 saturated carbocycles. The van der Waals surface area contributed by atoms with E-state index in [0.717, 1.165) is 44.5 Å². The largest absolute Gasteiger partial charge is 0.487 e. The normalized spacial score (nSPS) is 23.9. The first kappa shape index (κ1) is 14.4. The van der Waals surface area contributed by atoms with E-state index in [0.29, 0.717) is 0 Å². The van der Waals surface area contributed by atoms with E-state index in [1.54, 1.807) is 0 Å². The van der Waals surface area contributed by atoms with Gasteiger partial charge in [0.05, 0.1) is 6.10 Å². The topological polar surface area (TPSA) is 41.5 Å². The van der Waals surface area contributed by atoms with Gasteiger partial charge >= 0.3 is 0 Å². The molecule has 0 saturated heterocycles. The number of para-hydroxylation sites is 1. The fraction of sp³-hybridized carbons (Fsp3) is 0.625. The molecule has 3 nitrogen and oxygen atoms in total. The summed E-state index contributed by atoms with van der Waals surface area (Å²) in [5.41, 5.74) is 1.17. The van der Waals surface area contributed by atoms with E-state index in [1.807, 2.05) is 18.2 Å². The predicted octanol–water partition coefficient (Wildman–Crippen LogP) is 2.87. The maximum atomic E-state index is 10.1. The molecule has 1 aromatic rings. The number of hydrogen-bond donors (Lipinski definition) is 2. The van der Waals surface area contributed by atoms with Gasteiger partial charge in [-0.15, -0.1) is 0 Å². The Hall–Kier alpha value is -1.06. The zero-order valence-corrected chi connectivity index (χ0v) is 11.8. The van der Waals surface area contributed by atoms with Gasteiger partial charge in [0.15, 0.2) is 0 Å². The molecule has 106 valence electrons. The van der Waals surface area contributed by atoms with Gasteiger partial charge in [-0.2, -0.15) is 0 Å². The molecule has 0 heterocycles. The summed E-state index contributed by atoms with van der Waals surface area (Å²) in [6.45, 7) is 3.86. The van der Waals surface area contributed by atoms with Crippen LogP contribution in [-0.2, 0) is 6.54 Å². The molecule has 2 unspecified atom stereocenters. The van der Waals surface area contributed by atoms with Crippen molar-refractivity contribution in [2.75, 3.05) is 6.54 Å². The highest BCUT2D eigenvalue weighted by atomic mass is 16.5. The monoisotopic (exact) mass is 263 g/mol. The molecule has 0 aromatic heterocycles. The van der Waals surface area contributed by atoms with Crippen LogP contribution >= 0.6 is 0 Å². The van der Waals surface area contributed by atoms with E-state index in [4.69, 9.17) is 4.74 Å². The SMILES string of the molecule is CCNCc1ccccc1OC1CCCCCC1O. The third-order valence-corrected chi connectivity index (χ3v) is 3.73. The minimum Gasteiger partial charge on any atom is -0.487 e. The maximum absolute atomic E-state index is 10.1. The molecule has 1 aliphatic carbocycles. The van der Waals surface area contributed by atoms with Gasteiger partial charge in [0, 0.05) is 12.1 Å². The van der Waals surface area contributed by atoms with Gasteiger partial charge in [-0.25, -0.2) is 0 Å². The maximum Gasteiger partial charge on any atom is 0.124 e. The average molecular weight is 263 g/mol. The summed E-state index contributed by atoms with van der Waals surface area (Å²) >= 11 is 0. The number of aliphatic hydroxyl groups excluding tert-OH is 1. The minimum atomic E-state index is -0.324. The van der Waals surface area contributed by atoms with Crippen molar-refractivity contribution >= 4 is 0 Å². The molecule has 0 bridgehead atoms. The second kappa shape index (κ2) is 7.51. The summed E-state index contributed by atoms with van der Waals surface area (Å²) in [7, 11) is 0. The minimum absolute atomic E-state index is 0.0507. The van der Waals surface area contributed by atoms with Crippen LogP contribution in [0.4, 0.5) is 0 Å². The van der Waals surface area contributed by atoms with E-state index in [9.17, 15) is 5.11 Å². The van der Waals surface area contributed by atoms with E-state index in [1.165, 1.54) is 12.0 Å². The first-order valence-corrected chi connectivity index (χ1v) is 7.44. The highest BCUT2D eigenvalue weighted by molar-refractivity contribution is 5.33. The number of hydrogen-bond acceptors (Lipinski definition) is 3. The molecule has 3 heteroatoms. The van der Waals surface area contributed by atoms with E-state index in [-0.39, 0.29) is 12.2 Å². The second-order valence-corrected chi connectivity index (χ2v) is 5.25. The van der Waals surface area contributed by atoms with Crippen LogP contribution in [0.25, 0.3) is 0 Å². The van der Waals surface area contributed by atoms with Gasteiger partial charge in [0.2, 0.25) is 0 Å². The summed E-state index contributed by atoms with van der Waals surface area (Å²) in [4.78, 5) is 0. The van der Waals surface area contributed by atoms with Crippen molar-refractivity contribution in [3.8, 4) is 5.75 Å². The zero-order valence-electron chi connectivity index (χ0n) is 11.8. The smallest absolute Gasteiger partial charge is 0.124 e. The lowest BCUT2D eigenvalue weighted by Crippen LogP contribution is -2.31. The van der Waals surface area contributed by atoms with Crippen LogP contribution in [0.3, 0.4) is 0 Å². The van der Waals surface area contributed by atoms with Gasteiger partial charge in [-0.3, -0.25) is 0 Å². The second-order valence-electron chi connectivity index (χ2n) is 5.25. The Kier molecular flexibility index (Phi) is 5.67. The van der Waals surface area contributed by atoms with Crippen molar-refractivity contribution in [3.63, 3.8) is 0 Å². The van der Waals surface area contributed by atoms with Crippen molar-refractivity contribution < 1.29 is 9.84 Å². The van der Waals surface area contributed by atoms with Gasteiger partial charge in [0.25, 0.3) is 0 Å². The Morgan fingerprint density at radius 3 is 2.84 bits per heavy atom. The molecule has 0 aliphatic heterocycles. The Bertz CT molecular complexity index is 381. The third kappa shape index (κ3) is 4.22. The summed E-state index contributed by atoms with van der Waals surface area (Å²) in [6, 6.07) is 8.11. The molecular weight excluding hydrogens is 238 g/mol. The lowest BCUT2D eigenvalue weighted by molar-refractivity contribution is 0.0314. The summed E-state index contributed by atoms with van der Waals surface area (Å²) in [5, 5.41) is 13.5. The number of ether oxygens (including phenoxy) is 1. The Labute approximate surface area is 116 Å². The van der Waals surface area contributed by atoms with Crippen LogP contribution in [0.2, 0.25) is 0 Å². The lowest BCUT2D eigenvalue weighted by Gasteiger charge is -2.23. The average Bonchev–Trinajstić information content (AvgIpc) is 2.63. The number of nitrogens with one attached hydrogen (secondary N) is 1. The van der Waals surface area contributed by atoms with Crippen LogP contribution in [-0.4, -0.2) is 23.9 Å². The molecule has 2 atom stereocenters. The van der Waals surface area contributed by atoms with Crippen LogP contribution in [0.15, 0.2) is 24.3 Å². The van der Waals surface area contributed by atoms with Gasteiger partial charge in [-0.05, 0) is 31.9 Å². The van der Waals surface area contributed by atoms with Crippen LogP contribution in [0.1, 0.15) is 44.6 Å². The Morgan fingerprint density at radius 1 is 1.21 bits per heavy atom. The number of rotatable bonds is 5. The van der Waals surface area contributed by atoms with Crippen molar-refractivity contribution in [1.82, 2.24) is 5.32 Å². The Morgan fingerprint density at radius 2 is 2.00 bits per heavy atom. The predicted molar refractivity (Wildman–Crippen MR) is 77.3 cm³/mol. The van der Waals surface area contributed by atoms with Gasteiger partial charge in [-0.1, -0.05) is 38.0 Å². The fourth-order valence-corrected chi connectivity index (χ4v) is 2.58. The van der Waals surface area contributed by atoms with Crippen molar-refractivity contribution in [2.45, 2.75) is 57.8 Å². The number of aliphatic hydroxyl groups is 1. The summed E-state index contributed by atoms with van der Waals surface area (Å²) in [5.74, 6) is 0.911. The molecule has 1 fully saturated rings. The first-order valence-electron chi connectivity index (χ1n) is 7.44. The van der Waals surface area contributed by atoms with Crippen molar-refractivity contribution in [3.05, 3.63) is 29.8 Å². The van der Waals surface area contributed by atoms with Crippen LogP contribution in [0.5, 0.6) is 5.75 Å². The summed E-state index contributed by atoms with van der Waals surface area (Å²) in [6.07, 6.45) is 4.91. The zero-order chi connectivity index (χ0) is 13.5. The quantitative estimate of drug-likeness (QED) is 0.803. The van der Waals surface area contributed by atoms with Crippen LogP contribution in [0, 0.1) is 0 Å². The van der Waals surface area contributed by atoms with E-state index >= 15 is 0 Å². The van der Waals surface area contributed by atoms with E-state index in [2.05, 4.69) is 18.3 Å². The molecule has 1 aliphatic rings.